The zero-order valence-corrected chi connectivity index (χ0v) is 12.8. The number of nitrogens with zero attached hydrogens (tertiary/aromatic N) is 1. The molecule has 0 spiro atoms. The number of nitrogens with one attached hydrogen (secondary N) is 2. The van der Waals surface area contributed by atoms with Gasteiger partial charge in [0.2, 0.25) is 0 Å². The Bertz CT molecular complexity index is 433. The number of methoxy groups -OCH3 is 1. The van der Waals surface area contributed by atoms with Crippen molar-refractivity contribution >= 4 is 11.7 Å². The lowest BCUT2D eigenvalue weighted by Crippen LogP contribution is -2.35. The summed E-state index contributed by atoms with van der Waals surface area (Å²) < 4.78 is 5.08. The first-order chi connectivity index (χ1) is 9.48. The number of aromatic nitrogens is 1. The summed E-state index contributed by atoms with van der Waals surface area (Å²) in [6.07, 6.45) is 0.897. The van der Waals surface area contributed by atoms with Gasteiger partial charge in [-0.3, -0.25) is 4.79 Å². The molecule has 0 aliphatic rings. The van der Waals surface area contributed by atoms with Crippen LogP contribution in [0, 0.1) is 5.41 Å². The van der Waals surface area contributed by atoms with E-state index in [9.17, 15) is 4.79 Å². The molecule has 1 aromatic rings. The Labute approximate surface area is 121 Å². The first-order valence-corrected chi connectivity index (χ1v) is 6.96. The molecule has 0 bridgehead atoms. The van der Waals surface area contributed by atoms with E-state index >= 15 is 0 Å². The number of ether oxygens (including phenoxy) is 1. The monoisotopic (exact) mass is 279 g/mol. The average molecular weight is 279 g/mol. The van der Waals surface area contributed by atoms with Crippen molar-refractivity contribution in [1.82, 2.24) is 10.3 Å². The summed E-state index contributed by atoms with van der Waals surface area (Å²) in [7, 11) is 1.69. The van der Waals surface area contributed by atoms with Crippen LogP contribution in [0.4, 0.5) is 5.82 Å². The van der Waals surface area contributed by atoms with E-state index in [4.69, 9.17) is 4.74 Å². The van der Waals surface area contributed by atoms with E-state index in [1.807, 2.05) is 19.1 Å². The molecule has 1 aromatic heterocycles. The second-order valence-corrected chi connectivity index (χ2v) is 5.53. The lowest BCUT2D eigenvalue weighted by Gasteiger charge is -2.24. The second-order valence-electron chi connectivity index (χ2n) is 5.53. The van der Waals surface area contributed by atoms with Gasteiger partial charge in [0, 0.05) is 26.8 Å². The van der Waals surface area contributed by atoms with E-state index in [-0.39, 0.29) is 11.3 Å². The Morgan fingerprint density at radius 2 is 2.15 bits per heavy atom. The number of carbonyl (C=O) groups is 1. The number of rotatable bonds is 8. The number of carbonyl (C=O) groups excluding carboxylic acids is 1. The highest BCUT2D eigenvalue weighted by molar-refractivity contribution is 5.92. The van der Waals surface area contributed by atoms with Gasteiger partial charge in [-0.05, 0) is 30.9 Å². The molecule has 20 heavy (non-hydrogen) atoms. The van der Waals surface area contributed by atoms with Gasteiger partial charge < -0.3 is 15.4 Å². The Morgan fingerprint density at radius 3 is 2.80 bits per heavy atom. The highest BCUT2D eigenvalue weighted by Gasteiger charge is 2.19. The molecule has 0 radical (unpaired) electrons. The number of amides is 1. The highest BCUT2D eigenvalue weighted by atomic mass is 16.5. The van der Waals surface area contributed by atoms with Crippen LogP contribution >= 0.6 is 0 Å². The lowest BCUT2D eigenvalue weighted by atomic mass is 9.89. The van der Waals surface area contributed by atoms with E-state index in [1.54, 1.807) is 13.2 Å². The van der Waals surface area contributed by atoms with Crippen LogP contribution in [-0.4, -0.2) is 37.7 Å². The standard InChI is InChI=1S/C15H25N3O2/c1-5-16-13-8-6-7-12(18-13)14(19)17-11-15(2,3)9-10-20-4/h6-8H,5,9-11H2,1-4H3,(H,16,18)(H,17,19). The summed E-state index contributed by atoms with van der Waals surface area (Å²) in [6, 6.07) is 5.40. The van der Waals surface area contributed by atoms with Crippen LogP contribution in [0.15, 0.2) is 18.2 Å². The lowest BCUT2D eigenvalue weighted by molar-refractivity contribution is 0.0916. The SMILES string of the molecule is CCNc1cccc(C(=O)NCC(C)(C)CCOC)n1. The molecule has 0 fully saturated rings. The summed E-state index contributed by atoms with van der Waals surface area (Å²) in [5.74, 6) is 0.578. The topological polar surface area (TPSA) is 63.2 Å². The first kappa shape index (κ1) is 16.4. The van der Waals surface area contributed by atoms with Crippen molar-refractivity contribution in [2.75, 3.05) is 32.1 Å². The molecule has 0 atom stereocenters. The van der Waals surface area contributed by atoms with Crippen molar-refractivity contribution in [3.63, 3.8) is 0 Å². The van der Waals surface area contributed by atoms with Gasteiger partial charge in [-0.1, -0.05) is 19.9 Å². The van der Waals surface area contributed by atoms with Crippen molar-refractivity contribution in [2.45, 2.75) is 27.2 Å². The van der Waals surface area contributed by atoms with Gasteiger partial charge in [-0.2, -0.15) is 0 Å². The molecule has 0 saturated heterocycles. The Morgan fingerprint density at radius 1 is 1.40 bits per heavy atom. The van der Waals surface area contributed by atoms with Gasteiger partial charge >= 0.3 is 0 Å². The maximum Gasteiger partial charge on any atom is 0.269 e. The predicted octanol–water partition coefficient (Wildman–Crippen LogP) is 2.31. The van der Waals surface area contributed by atoms with Crippen LogP contribution in [0.25, 0.3) is 0 Å². The number of hydrogen-bond acceptors (Lipinski definition) is 4. The van der Waals surface area contributed by atoms with E-state index in [1.165, 1.54) is 0 Å². The van der Waals surface area contributed by atoms with Gasteiger partial charge in [0.05, 0.1) is 0 Å². The molecule has 112 valence electrons. The zero-order chi connectivity index (χ0) is 15.0. The highest BCUT2D eigenvalue weighted by Crippen LogP contribution is 2.18. The molecule has 5 heteroatoms. The summed E-state index contributed by atoms with van der Waals surface area (Å²) in [5.41, 5.74) is 0.441. The fraction of sp³-hybridized carbons (Fsp3) is 0.600. The van der Waals surface area contributed by atoms with E-state index in [2.05, 4.69) is 29.5 Å². The molecule has 5 nitrogen and oxygen atoms in total. The maximum atomic E-state index is 12.1. The summed E-state index contributed by atoms with van der Waals surface area (Å²) in [5, 5.41) is 6.03. The van der Waals surface area contributed by atoms with Gasteiger partial charge in [-0.25, -0.2) is 4.98 Å². The fourth-order valence-electron chi connectivity index (χ4n) is 1.72. The molecule has 1 amide bonds. The minimum atomic E-state index is -0.143. The van der Waals surface area contributed by atoms with E-state index in [0.29, 0.717) is 18.8 Å². The number of anilines is 1. The predicted molar refractivity (Wildman–Crippen MR) is 81.0 cm³/mol. The van der Waals surface area contributed by atoms with Crippen LogP contribution in [0.1, 0.15) is 37.7 Å². The average Bonchev–Trinajstić information content (AvgIpc) is 2.43. The fourth-order valence-corrected chi connectivity index (χ4v) is 1.72. The van der Waals surface area contributed by atoms with Gasteiger partial charge in [0.15, 0.2) is 0 Å². The van der Waals surface area contributed by atoms with Crippen LogP contribution in [0.5, 0.6) is 0 Å². The molecule has 1 rings (SSSR count). The van der Waals surface area contributed by atoms with Crippen molar-refractivity contribution in [2.24, 2.45) is 5.41 Å². The normalized spacial score (nSPS) is 11.2. The van der Waals surface area contributed by atoms with Crippen LogP contribution in [-0.2, 0) is 4.74 Å². The van der Waals surface area contributed by atoms with Gasteiger partial charge in [-0.15, -0.1) is 0 Å². The Balaban J connectivity index is 2.56. The van der Waals surface area contributed by atoms with E-state index in [0.717, 1.165) is 18.8 Å². The van der Waals surface area contributed by atoms with Crippen LogP contribution in [0.3, 0.4) is 0 Å². The third-order valence-electron chi connectivity index (χ3n) is 3.05. The molecule has 2 N–H and O–H groups in total. The van der Waals surface area contributed by atoms with Crippen molar-refractivity contribution in [3.8, 4) is 0 Å². The van der Waals surface area contributed by atoms with Crippen LogP contribution < -0.4 is 10.6 Å². The minimum Gasteiger partial charge on any atom is -0.385 e. The largest absolute Gasteiger partial charge is 0.385 e. The van der Waals surface area contributed by atoms with Crippen molar-refractivity contribution in [1.29, 1.82) is 0 Å². The summed E-state index contributed by atoms with van der Waals surface area (Å²) in [4.78, 5) is 16.4. The quantitative estimate of drug-likeness (QED) is 0.766. The number of hydrogen-bond donors (Lipinski definition) is 2. The first-order valence-electron chi connectivity index (χ1n) is 6.96. The molecular formula is C15H25N3O2. The molecule has 0 saturated carbocycles. The van der Waals surface area contributed by atoms with Gasteiger partial charge in [0.1, 0.15) is 11.5 Å². The molecule has 0 aromatic carbocycles. The van der Waals surface area contributed by atoms with Gasteiger partial charge in [0.25, 0.3) is 5.91 Å². The van der Waals surface area contributed by atoms with Crippen LogP contribution in [0.2, 0.25) is 0 Å². The Hall–Kier alpha value is -1.62. The second kappa shape index (κ2) is 7.85. The maximum absolute atomic E-state index is 12.1. The summed E-state index contributed by atoms with van der Waals surface area (Å²) >= 11 is 0. The third kappa shape index (κ3) is 5.57. The third-order valence-corrected chi connectivity index (χ3v) is 3.05. The molecular weight excluding hydrogens is 254 g/mol. The number of pyridine rings is 1. The molecule has 0 unspecified atom stereocenters. The molecule has 0 aliphatic carbocycles. The zero-order valence-electron chi connectivity index (χ0n) is 12.8. The smallest absolute Gasteiger partial charge is 0.269 e. The Kier molecular flexibility index (Phi) is 6.45. The van der Waals surface area contributed by atoms with Crippen molar-refractivity contribution < 1.29 is 9.53 Å². The molecule has 1 heterocycles. The summed E-state index contributed by atoms with van der Waals surface area (Å²) in [6.45, 7) is 8.28. The minimum absolute atomic E-state index is 0.00491. The van der Waals surface area contributed by atoms with E-state index < -0.39 is 0 Å². The van der Waals surface area contributed by atoms with Crippen molar-refractivity contribution in [3.05, 3.63) is 23.9 Å². The molecule has 0 aliphatic heterocycles.